The number of hydrogen-bond donors (Lipinski definition) is 17. The van der Waals surface area contributed by atoms with Crippen molar-refractivity contribution >= 4 is 116 Å². The Bertz CT molecular complexity index is 5570. The zero-order valence-corrected chi connectivity index (χ0v) is 74.2. The van der Waals surface area contributed by atoms with Crippen LogP contribution in [0.4, 0.5) is 0 Å². The van der Waals surface area contributed by atoms with Gasteiger partial charge in [-0.15, -0.1) is 0 Å². The quantitative estimate of drug-likeness (QED) is 0.0259. The Kier molecular flexibility index (Phi) is 32.2. The third kappa shape index (κ3) is 24.5. The van der Waals surface area contributed by atoms with Crippen molar-refractivity contribution in [3.05, 3.63) is 215 Å². The van der Waals surface area contributed by atoms with Gasteiger partial charge in [0, 0.05) is 139 Å². The molecule has 6 aromatic carbocycles. The third-order valence-corrected chi connectivity index (χ3v) is 25.1. The highest BCUT2D eigenvalue weighted by atomic mass is 16.2. The second-order valence-electron chi connectivity index (χ2n) is 34.6. The number of guanidine groups is 2. The number of nitrogens with one attached hydrogen (secondary N) is 13. The molecule has 0 unspecified atom stereocenters. The predicted octanol–water partition coefficient (Wildman–Crippen LogP) is 1.34. The Morgan fingerprint density at radius 1 is 0.439 bits per heavy atom. The molecule has 14 rings (SSSR count). The lowest BCUT2D eigenvalue weighted by atomic mass is 9.92. The summed E-state index contributed by atoms with van der Waals surface area (Å²) in [6.45, 7) is 3.63. The minimum absolute atomic E-state index is 0.0487. The van der Waals surface area contributed by atoms with Crippen molar-refractivity contribution < 1.29 is 67.1 Å². The fraction of sp³-hybridized carbons (Fsp3) is 0.417. The summed E-state index contributed by atoms with van der Waals surface area (Å²) >= 11 is 0. The molecular formula is C96H118N22O14. The second-order valence-corrected chi connectivity index (χ2v) is 34.6. The first-order valence-corrected chi connectivity index (χ1v) is 45.2. The monoisotopic (exact) mass is 1800 g/mol. The van der Waals surface area contributed by atoms with Crippen LogP contribution in [0.1, 0.15) is 135 Å². The molecule has 21 N–H and O–H groups in total. The minimum atomic E-state index is -1.56. The summed E-state index contributed by atoms with van der Waals surface area (Å²) in [5.41, 5.74) is 28.8. The van der Waals surface area contributed by atoms with E-state index in [1.165, 1.54) is 28.5 Å². The zero-order valence-electron chi connectivity index (χ0n) is 74.2. The van der Waals surface area contributed by atoms with Crippen LogP contribution in [0.2, 0.25) is 0 Å². The summed E-state index contributed by atoms with van der Waals surface area (Å²) in [5.74, 6) is -7.67. The lowest BCUT2D eigenvalue weighted by Gasteiger charge is -2.40. The fourth-order valence-corrected chi connectivity index (χ4v) is 18.5. The van der Waals surface area contributed by atoms with E-state index in [-0.39, 0.29) is 141 Å². The number of aromatic nitrogens is 2. The van der Waals surface area contributed by atoms with Crippen LogP contribution in [0.5, 0.6) is 0 Å². The van der Waals surface area contributed by atoms with Crippen molar-refractivity contribution in [3.63, 3.8) is 0 Å². The molecule has 14 amide bonds. The van der Waals surface area contributed by atoms with Crippen LogP contribution < -0.4 is 81.4 Å². The van der Waals surface area contributed by atoms with Gasteiger partial charge in [0.1, 0.15) is 72.0 Å². The number of fused-ring (bicyclic) bond motifs is 7. The smallest absolute Gasteiger partial charge is 0.247 e. The van der Waals surface area contributed by atoms with E-state index < -0.39 is 155 Å². The number of carbonyl (C=O) groups excluding carboxylic acids is 14. The molecule has 7 heterocycles. The van der Waals surface area contributed by atoms with Crippen molar-refractivity contribution in [2.75, 3.05) is 39.3 Å². The van der Waals surface area contributed by atoms with Crippen LogP contribution >= 0.6 is 0 Å². The zero-order chi connectivity index (χ0) is 93.5. The number of aliphatic imine (C=N–C) groups is 2. The summed E-state index contributed by atoms with van der Waals surface area (Å²) in [6, 6.07) is 36.6. The number of H-pyrrole nitrogens is 2. The molecule has 11 atom stereocenters. The summed E-state index contributed by atoms with van der Waals surface area (Å²) in [5, 5.41) is 33.5. The summed E-state index contributed by atoms with van der Waals surface area (Å²) in [7, 11) is 0. The van der Waals surface area contributed by atoms with E-state index in [9.17, 15) is 62.3 Å². The molecule has 2 aromatic heterocycles. The van der Waals surface area contributed by atoms with Crippen molar-refractivity contribution in [2.45, 2.75) is 214 Å². The Morgan fingerprint density at radius 3 is 1.34 bits per heavy atom. The van der Waals surface area contributed by atoms with Crippen LogP contribution in [0, 0.1) is 0 Å². The van der Waals surface area contributed by atoms with Crippen LogP contribution in [0.15, 0.2) is 180 Å². The number of para-hydroxylation sites is 2. The highest BCUT2D eigenvalue weighted by Gasteiger charge is 2.50. The van der Waals surface area contributed by atoms with E-state index in [2.05, 4.69) is 78.4 Å². The highest BCUT2D eigenvalue weighted by molar-refractivity contribution is 6.02. The second kappa shape index (κ2) is 44.7. The van der Waals surface area contributed by atoms with E-state index in [0.29, 0.717) is 38.5 Å². The van der Waals surface area contributed by atoms with Crippen LogP contribution in [0.25, 0.3) is 21.8 Å². The first-order valence-electron chi connectivity index (χ1n) is 45.2. The van der Waals surface area contributed by atoms with Gasteiger partial charge in [-0.25, -0.2) is 0 Å². The Hall–Kier alpha value is -14.5. The lowest BCUT2D eigenvalue weighted by Crippen LogP contribution is -2.66. The standard InChI is InChI=1S/2C48H59N11O7/c1-29(60)54-38(24-30-12-3-2-4-13-30)43(62)56-37-19-10-21-51-42(61)36(18-9-22-52-48(49)50)55-44(63)39(25-33-27-53-35-17-8-7-16-34(33)35)57-45(64)41-26-31-14-5-6-15-32(31)28-59(41)47(66)40-20-11-23-58(40)46(37)65;1-29(60)54-38(24-30-12-3-2-4-13-30)42(62)56-37-19-10-21-51-41(61)36(18-9-22-52-47(49)50)55-43(63)39(25-33-28-53-35-17-8-7-16-34(33)35)57-46(66)48(26-31-14-5-6-15-32(31)27-48)58-44(64)40-20-11-23-59(40)45(37)65/h2-8,12-17,27,36-41,53H,9-11,18-26,28H2,1H3,(H,51,61)(H,54,60)(H,55,63)(H,56,62)(H,57,64)(H4,49,50,52);2-8,12-17,28,36-40,53H,9-11,18-27H2,1H3,(H,51,61)(H,54,60)(H,55,63)(H,56,62)(H,57,66)(H,58,64)(H4,49,50,52)/t36-,37-,38-,39-,40-,41+;36-,37-,38-,39-,40-/m00/s1. The maximum absolute atomic E-state index is 15.0. The van der Waals surface area contributed by atoms with Crippen molar-refractivity contribution in [3.8, 4) is 0 Å². The summed E-state index contributed by atoms with van der Waals surface area (Å²) in [4.78, 5) is 218. The Labute approximate surface area is 764 Å². The molecule has 6 aliphatic rings. The normalized spacial score (nSPS) is 22.1. The molecule has 696 valence electrons. The average Bonchev–Trinajstić information content (AvgIpc) is 1.56. The number of nitrogens with two attached hydrogens (primary N) is 4. The van der Waals surface area contributed by atoms with Crippen molar-refractivity contribution in [2.24, 2.45) is 32.9 Å². The largest absolute Gasteiger partial charge is 0.370 e. The van der Waals surface area contributed by atoms with Crippen molar-refractivity contribution in [1.29, 1.82) is 0 Å². The van der Waals surface area contributed by atoms with Gasteiger partial charge in [0.25, 0.3) is 0 Å². The Balaban J connectivity index is 0.000000224. The molecule has 36 nitrogen and oxygen atoms in total. The van der Waals surface area contributed by atoms with Gasteiger partial charge < -0.3 is 106 Å². The van der Waals surface area contributed by atoms with Crippen LogP contribution in [-0.4, -0.2) is 231 Å². The summed E-state index contributed by atoms with van der Waals surface area (Å²) in [6.07, 6.45) is 7.47. The molecule has 0 bridgehead atoms. The lowest BCUT2D eigenvalue weighted by molar-refractivity contribution is -0.150. The van der Waals surface area contributed by atoms with Gasteiger partial charge >= 0.3 is 0 Å². The minimum Gasteiger partial charge on any atom is -0.370 e. The molecule has 8 aromatic rings. The SMILES string of the molecule is CC(=O)N[C@@H](Cc1ccccc1)C(=O)N[C@H]1CCCNC(=O)[C@H](CCCN=C(N)N)NC(=O)[C@H](Cc2c[nH]c3ccccc23)NC(=O)C2(Cc3ccccc3C2)NC(=O)[C@@H]2CCCN2C1=O.CC(=O)N[C@@H](Cc1ccccc1)C(=O)N[C@H]1CCCNC(=O)[C@H](CCCN=C(N)N)NC(=O)[C@H](Cc2c[nH]c3ccccc23)NC(=O)[C@H]2Cc3ccccc3CN2C(=O)[C@@H]2CCCN2C1=O. The van der Waals surface area contributed by atoms with Gasteiger partial charge in [-0.05, 0) is 134 Å². The number of aromatic amines is 2. The first-order chi connectivity index (χ1) is 63.6. The van der Waals surface area contributed by atoms with E-state index in [4.69, 9.17) is 22.9 Å². The molecule has 5 aliphatic heterocycles. The number of hydrogen-bond acceptors (Lipinski definition) is 16. The average molecular weight is 1800 g/mol. The van der Waals surface area contributed by atoms with E-state index >= 15 is 4.79 Å². The molecule has 0 radical (unpaired) electrons. The van der Waals surface area contributed by atoms with Gasteiger partial charge in [0.2, 0.25) is 82.7 Å². The first kappa shape index (κ1) is 95.1. The fourth-order valence-electron chi connectivity index (χ4n) is 18.5. The number of amides is 14. The number of carbonyl (C=O) groups is 14. The predicted molar refractivity (Wildman–Crippen MR) is 494 cm³/mol. The third-order valence-electron chi connectivity index (χ3n) is 25.1. The number of nitrogens with zero attached hydrogens (tertiary/aromatic N) is 5. The van der Waals surface area contributed by atoms with Gasteiger partial charge in [-0.1, -0.05) is 146 Å². The van der Waals surface area contributed by atoms with E-state index in [1.807, 2.05) is 158 Å². The van der Waals surface area contributed by atoms with Gasteiger partial charge in [-0.3, -0.25) is 77.1 Å². The molecule has 132 heavy (non-hydrogen) atoms. The molecule has 0 saturated carbocycles. The molecular weight excluding hydrogens is 1690 g/mol. The maximum atomic E-state index is 15.0. The summed E-state index contributed by atoms with van der Waals surface area (Å²) < 4.78 is 0. The van der Waals surface area contributed by atoms with Gasteiger partial charge in [-0.2, -0.15) is 0 Å². The topological polar surface area (TPSA) is 541 Å². The number of rotatable bonds is 22. The Morgan fingerprint density at radius 2 is 0.864 bits per heavy atom. The molecule has 36 heteroatoms. The molecule has 1 aliphatic carbocycles. The van der Waals surface area contributed by atoms with Crippen molar-refractivity contribution in [1.82, 2.24) is 83.2 Å². The van der Waals surface area contributed by atoms with Crippen LogP contribution in [-0.2, 0) is 119 Å². The van der Waals surface area contributed by atoms with E-state index in [1.54, 1.807) is 12.4 Å². The number of benzene rings is 6. The molecule has 4 saturated heterocycles. The highest BCUT2D eigenvalue weighted by Crippen LogP contribution is 2.34. The maximum Gasteiger partial charge on any atom is 0.247 e. The van der Waals surface area contributed by atoms with E-state index in [0.717, 1.165) is 66.3 Å². The van der Waals surface area contributed by atoms with Gasteiger partial charge in [0.15, 0.2) is 11.9 Å². The van der Waals surface area contributed by atoms with Gasteiger partial charge in [0.05, 0.1) is 0 Å². The van der Waals surface area contributed by atoms with Crippen LogP contribution in [0.3, 0.4) is 0 Å². The molecule has 1 spiro atoms. The molecule has 4 fully saturated rings.